The standard InChI is InChI=1S/C19H22ClN3O2/c1-3-4-5-14-10-23(12(2)24)11-16-17(14)21-18(22-19(16)25)13-6-8-15(20)9-7-13/h6-9,14H,3-5,10-11H2,1-2H3,(H,21,22,25)/t14-/m1/s1. The molecule has 2 aromatic rings. The molecule has 0 aliphatic carbocycles. The fourth-order valence-corrected chi connectivity index (χ4v) is 3.40. The summed E-state index contributed by atoms with van der Waals surface area (Å²) in [4.78, 5) is 33.9. The zero-order chi connectivity index (χ0) is 18.0. The molecule has 0 bridgehead atoms. The van der Waals surface area contributed by atoms with Crippen LogP contribution < -0.4 is 5.56 Å². The summed E-state index contributed by atoms with van der Waals surface area (Å²) in [5, 5.41) is 0.641. The maximum Gasteiger partial charge on any atom is 0.256 e. The molecule has 0 radical (unpaired) electrons. The molecule has 1 amide bonds. The first-order chi connectivity index (χ1) is 12.0. The molecule has 5 nitrogen and oxygen atoms in total. The van der Waals surface area contributed by atoms with Crippen LogP contribution in [0.4, 0.5) is 0 Å². The van der Waals surface area contributed by atoms with Crippen molar-refractivity contribution >= 4 is 17.5 Å². The van der Waals surface area contributed by atoms with Crippen molar-refractivity contribution in [3.63, 3.8) is 0 Å². The van der Waals surface area contributed by atoms with Crippen LogP contribution in [-0.2, 0) is 11.3 Å². The molecule has 3 rings (SSSR count). The maximum atomic E-state index is 12.7. The third-order valence-electron chi connectivity index (χ3n) is 4.69. The van der Waals surface area contributed by atoms with E-state index in [1.54, 1.807) is 24.0 Å². The van der Waals surface area contributed by atoms with Crippen LogP contribution in [0.1, 0.15) is 50.3 Å². The predicted molar refractivity (Wildman–Crippen MR) is 98.7 cm³/mol. The number of hydrogen-bond acceptors (Lipinski definition) is 3. The predicted octanol–water partition coefficient (Wildman–Crippen LogP) is 3.73. The number of carbonyl (C=O) groups excluding carboxylic acids is 1. The summed E-state index contributed by atoms with van der Waals surface area (Å²) in [7, 11) is 0. The van der Waals surface area contributed by atoms with Crippen molar-refractivity contribution in [2.45, 2.75) is 45.6 Å². The molecule has 1 atom stereocenters. The van der Waals surface area contributed by atoms with Crippen molar-refractivity contribution in [1.29, 1.82) is 0 Å². The number of carbonyl (C=O) groups is 1. The second kappa shape index (κ2) is 7.40. The lowest BCUT2D eigenvalue weighted by Crippen LogP contribution is -2.40. The Morgan fingerprint density at radius 1 is 1.36 bits per heavy atom. The first kappa shape index (κ1) is 17.7. The first-order valence-electron chi connectivity index (χ1n) is 8.64. The Morgan fingerprint density at radius 2 is 2.08 bits per heavy atom. The smallest absolute Gasteiger partial charge is 0.256 e. The van der Waals surface area contributed by atoms with E-state index in [1.165, 1.54) is 0 Å². The van der Waals surface area contributed by atoms with Gasteiger partial charge in [-0.25, -0.2) is 4.98 Å². The summed E-state index contributed by atoms with van der Waals surface area (Å²) in [5.41, 5.74) is 2.11. The average molecular weight is 360 g/mol. The number of unbranched alkanes of at least 4 members (excludes halogenated alkanes) is 1. The van der Waals surface area contributed by atoms with Gasteiger partial charge in [0.1, 0.15) is 5.82 Å². The van der Waals surface area contributed by atoms with E-state index in [-0.39, 0.29) is 17.4 Å². The van der Waals surface area contributed by atoms with Crippen molar-refractivity contribution in [2.24, 2.45) is 0 Å². The molecule has 1 aromatic carbocycles. The lowest BCUT2D eigenvalue weighted by Gasteiger charge is -2.33. The summed E-state index contributed by atoms with van der Waals surface area (Å²) in [6.45, 7) is 4.64. The van der Waals surface area contributed by atoms with E-state index in [9.17, 15) is 9.59 Å². The highest BCUT2D eigenvalue weighted by Crippen LogP contribution is 2.30. The topological polar surface area (TPSA) is 66.1 Å². The second-order valence-corrected chi connectivity index (χ2v) is 6.96. The van der Waals surface area contributed by atoms with Crippen LogP contribution in [0.3, 0.4) is 0 Å². The van der Waals surface area contributed by atoms with Gasteiger partial charge in [0.05, 0.1) is 17.8 Å². The highest BCUT2D eigenvalue weighted by Gasteiger charge is 2.30. The molecule has 25 heavy (non-hydrogen) atoms. The SMILES string of the molecule is CCCC[C@@H]1CN(C(C)=O)Cc2c1nc(-c1ccc(Cl)cc1)[nH]c2=O. The molecule has 1 aliphatic rings. The van der Waals surface area contributed by atoms with Crippen LogP contribution in [0, 0.1) is 0 Å². The largest absolute Gasteiger partial charge is 0.338 e. The van der Waals surface area contributed by atoms with Crippen molar-refractivity contribution in [1.82, 2.24) is 14.9 Å². The van der Waals surface area contributed by atoms with Gasteiger partial charge in [-0.1, -0.05) is 31.4 Å². The van der Waals surface area contributed by atoms with E-state index >= 15 is 0 Å². The Morgan fingerprint density at radius 3 is 2.72 bits per heavy atom. The van der Waals surface area contributed by atoms with Gasteiger partial charge in [0.2, 0.25) is 5.91 Å². The van der Waals surface area contributed by atoms with Crippen LogP contribution in [0.25, 0.3) is 11.4 Å². The van der Waals surface area contributed by atoms with Crippen LogP contribution in [-0.4, -0.2) is 27.3 Å². The highest BCUT2D eigenvalue weighted by molar-refractivity contribution is 6.30. The van der Waals surface area contributed by atoms with Gasteiger partial charge in [0.25, 0.3) is 5.56 Å². The third kappa shape index (κ3) is 3.76. The van der Waals surface area contributed by atoms with E-state index in [2.05, 4.69) is 11.9 Å². The number of aromatic amines is 1. The van der Waals surface area contributed by atoms with Crippen LogP contribution in [0.2, 0.25) is 5.02 Å². The molecule has 6 heteroatoms. The van der Waals surface area contributed by atoms with Crippen molar-refractivity contribution < 1.29 is 4.79 Å². The normalized spacial score (nSPS) is 16.6. The average Bonchev–Trinajstić information content (AvgIpc) is 2.60. The Labute approximate surface area is 152 Å². The highest BCUT2D eigenvalue weighted by atomic mass is 35.5. The van der Waals surface area contributed by atoms with Crippen LogP contribution in [0.5, 0.6) is 0 Å². The monoisotopic (exact) mass is 359 g/mol. The zero-order valence-corrected chi connectivity index (χ0v) is 15.3. The minimum absolute atomic E-state index is 0.00618. The Hall–Kier alpha value is -2.14. The van der Waals surface area contributed by atoms with Crippen molar-refractivity contribution in [2.75, 3.05) is 6.54 Å². The molecule has 1 N–H and O–H groups in total. The molecule has 0 spiro atoms. The van der Waals surface area contributed by atoms with Gasteiger partial charge in [-0.2, -0.15) is 0 Å². The molecular weight excluding hydrogens is 338 g/mol. The number of amides is 1. The molecule has 0 saturated carbocycles. The van der Waals surface area contributed by atoms with Crippen LogP contribution >= 0.6 is 11.6 Å². The number of benzene rings is 1. The first-order valence-corrected chi connectivity index (χ1v) is 9.02. The molecule has 1 aromatic heterocycles. The molecule has 132 valence electrons. The second-order valence-electron chi connectivity index (χ2n) is 6.52. The molecule has 2 heterocycles. The van der Waals surface area contributed by atoms with Gasteiger partial charge in [-0.3, -0.25) is 9.59 Å². The zero-order valence-electron chi connectivity index (χ0n) is 14.5. The molecule has 0 unspecified atom stereocenters. The Kier molecular flexibility index (Phi) is 5.23. The molecule has 1 aliphatic heterocycles. The lowest BCUT2D eigenvalue weighted by atomic mass is 9.90. The summed E-state index contributed by atoms with van der Waals surface area (Å²) in [5.74, 6) is 0.646. The molecule has 0 saturated heterocycles. The number of nitrogens with zero attached hydrogens (tertiary/aromatic N) is 2. The number of H-pyrrole nitrogens is 1. The number of halogens is 1. The number of nitrogens with one attached hydrogen (secondary N) is 1. The number of fused-ring (bicyclic) bond motifs is 1. The lowest BCUT2D eigenvalue weighted by molar-refractivity contribution is -0.130. The van der Waals surface area contributed by atoms with Gasteiger partial charge in [0, 0.05) is 30.0 Å². The summed E-state index contributed by atoms with van der Waals surface area (Å²) in [6.07, 6.45) is 3.03. The van der Waals surface area contributed by atoms with Gasteiger partial charge < -0.3 is 9.88 Å². The summed E-state index contributed by atoms with van der Waals surface area (Å²) >= 11 is 5.94. The van der Waals surface area contributed by atoms with Crippen molar-refractivity contribution in [3.05, 3.63) is 50.9 Å². The molecular formula is C19H22ClN3O2. The van der Waals surface area contributed by atoms with E-state index in [0.717, 1.165) is 30.5 Å². The summed E-state index contributed by atoms with van der Waals surface area (Å²) in [6, 6.07) is 7.25. The van der Waals surface area contributed by atoms with Crippen LogP contribution in [0.15, 0.2) is 29.1 Å². The Balaban J connectivity index is 2.05. The summed E-state index contributed by atoms with van der Waals surface area (Å²) < 4.78 is 0. The van der Waals surface area contributed by atoms with Gasteiger partial charge in [-0.05, 0) is 30.7 Å². The van der Waals surface area contributed by atoms with Gasteiger partial charge >= 0.3 is 0 Å². The van der Waals surface area contributed by atoms with Gasteiger partial charge in [0.15, 0.2) is 0 Å². The number of rotatable bonds is 4. The maximum absolute atomic E-state index is 12.7. The fourth-order valence-electron chi connectivity index (χ4n) is 3.28. The quantitative estimate of drug-likeness (QED) is 0.904. The molecule has 0 fully saturated rings. The Bertz CT molecular complexity index is 830. The van der Waals surface area contributed by atoms with Crippen molar-refractivity contribution in [3.8, 4) is 11.4 Å². The van der Waals surface area contributed by atoms with Gasteiger partial charge in [-0.15, -0.1) is 0 Å². The third-order valence-corrected chi connectivity index (χ3v) is 4.95. The number of aromatic nitrogens is 2. The number of hydrogen-bond donors (Lipinski definition) is 1. The van der Waals surface area contributed by atoms with E-state index < -0.39 is 0 Å². The minimum Gasteiger partial charge on any atom is -0.338 e. The van der Waals surface area contributed by atoms with E-state index in [0.29, 0.717) is 29.5 Å². The van der Waals surface area contributed by atoms with E-state index in [4.69, 9.17) is 16.6 Å². The fraction of sp³-hybridized carbons (Fsp3) is 0.421. The van der Waals surface area contributed by atoms with E-state index in [1.807, 2.05) is 12.1 Å². The minimum atomic E-state index is -0.164.